The van der Waals surface area contributed by atoms with Crippen LogP contribution in [-0.2, 0) is 9.47 Å². The highest BCUT2D eigenvalue weighted by Gasteiger charge is 2.39. The third-order valence-electron chi connectivity index (χ3n) is 6.03. The zero-order valence-corrected chi connectivity index (χ0v) is 13.8. The fourth-order valence-electron chi connectivity index (χ4n) is 4.44. The van der Waals surface area contributed by atoms with Gasteiger partial charge in [-0.25, -0.2) is 0 Å². The molecule has 0 aromatic rings. The average molecular weight is 295 g/mol. The maximum absolute atomic E-state index is 6.15. The van der Waals surface area contributed by atoms with Crippen LogP contribution in [0.4, 0.5) is 0 Å². The van der Waals surface area contributed by atoms with Crippen LogP contribution in [0.2, 0.25) is 0 Å². The van der Waals surface area contributed by atoms with Gasteiger partial charge in [0.2, 0.25) is 0 Å². The summed E-state index contributed by atoms with van der Waals surface area (Å²) in [6.45, 7) is 6.38. The molecule has 3 aliphatic rings. The van der Waals surface area contributed by atoms with Gasteiger partial charge in [-0.05, 0) is 43.9 Å². The molecule has 21 heavy (non-hydrogen) atoms. The highest BCUT2D eigenvalue weighted by molar-refractivity contribution is 4.92. The van der Waals surface area contributed by atoms with Crippen molar-refractivity contribution >= 4 is 0 Å². The summed E-state index contributed by atoms with van der Waals surface area (Å²) in [6.07, 6.45) is 13.1. The van der Waals surface area contributed by atoms with E-state index >= 15 is 0 Å². The zero-order valence-electron chi connectivity index (χ0n) is 13.8. The predicted molar refractivity (Wildman–Crippen MR) is 85.6 cm³/mol. The van der Waals surface area contributed by atoms with Crippen molar-refractivity contribution in [2.24, 2.45) is 5.41 Å². The monoisotopic (exact) mass is 295 g/mol. The van der Waals surface area contributed by atoms with Crippen molar-refractivity contribution in [3.63, 3.8) is 0 Å². The van der Waals surface area contributed by atoms with Gasteiger partial charge in [0.25, 0.3) is 0 Å². The largest absolute Gasteiger partial charge is 0.381 e. The molecule has 1 saturated carbocycles. The summed E-state index contributed by atoms with van der Waals surface area (Å²) in [6, 6.07) is 0.650. The molecule has 2 aliphatic heterocycles. The second-order valence-corrected chi connectivity index (χ2v) is 7.94. The molecule has 0 amide bonds. The van der Waals surface area contributed by atoms with Crippen LogP contribution in [-0.4, -0.2) is 38.0 Å². The SMILES string of the molecule is CC1(CNC2CCOC3(CCOCC3)C2)CCCCCC1. The van der Waals surface area contributed by atoms with Crippen molar-refractivity contribution in [2.45, 2.75) is 82.8 Å². The van der Waals surface area contributed by atoms with Crippen LogP contribution in [0.5, 0.6) is 0 Å². The van der Waals surface area contributed by atoms with Crippen LogP contribution < -0.4 is 5.32 Å². The van der Waals surface area contributed by atoms with E-state index < -0.39 is 0 Å². The fraction of sp³-hybridized carbons (Fsp3) is 1.00. The Morgan fingerprint density at radius 1 is 0.952 bits per heavy atom. The quantitative estimate of drug-likeness (QED) is 0.806. The van der Waals surface area contributed by atoms with E-state index in [9.17, 15) is 0 Å². The highest BCUT2D eigenvalue weighted by Crippen LogP contribution is 2.36. The first kappa shape index (κ1) is 15.8. The molecule has 3 fully saturated rings. The number of ether oxygens (including phenoxy) is 2. The van der Waals surface area contributed by atoms with Crippen molar-refractivity contribution in [3.05, 3.63) is 0 Å². The molecule has 3 rings (SSSR count). The molecule has 1 N–H and O–H groups in total. The summed E-state index contributed by atoms with van der Waals surface area (Å²) in [7, 11) is 0. The van der Waals surface area contributed by atoms with Gasteiger partial charge in [-0.15, -0.1) is 0 Å². The van der Waals surface area contributed by atoms with E-state index in [1.165, 1.54) is 57.9 Å². The highest BCUT2D eigenvalue weighted by atomic mass is 16.5. The average Bonchev–Trinajstić information content (AvgIpc) is 2.72. The zero-order chi connectivity index (χ0) is 14.6. The maximum Gasteiger partial charge on any atom is 0.0741 e. The smallest absolute Gasteiger partial charge is 0.0741 e. The summed E-state index contributed by atoms with van der Waals surface area (Å²) in [4.78, 5) is 0. The van der Waals surface area contributed by atoms with Gasteiger partial charge in [-0.3, -0.25) is 0 Å². The van der Waals surface area contributed by atoms with E-state index in [1.54, 1.807) is 0 Å². The summed E-state index contributed by atoms with van der Waals surface area (Å²) in [5, 5.41) is 3.91. The minimum absolute atomic E-state index is 0.124. The van der Waals surface area contributed by atoms with E-state index in [-0.39, 0.29) is 5.60 Å². The van der Waals surface area contributed by atoms with Crippen molar-refractivity contribution in [1.29, 1.82) is 0 Å². The molecule has 2 saturated heterocycles. The first-order valence-corrected chi connectivity index (χ1v) is 9.15. The molecule has 1 spiro atoms. The Morgan fingerprint density at radius 2 is 1.67 bits per heavy atom. The standard InChI is InChI=1S/C18H33NO2/c1-17(7-4-2-3-5-8-17)15-19-16-6-11-21-18(14-16)9-12-20-13-10-18/h16,19H,2-15H2,1H3. The molecule has 1 aliphatic carbocycles. The Hall–Kier alpha value is -0.120. The van der Waals surface area contributed by atoms with Gasteiger partial charge in [-0.1, -0.05) is 32.6 Å². The topological polar surface area (TPSA) is 30.5 Å². The van der Waals surface area contributed by atoms with E-state index in [2.05, 4.69) is 12.2 Å². The minimum atomic E-state index is 0.124. The fourth-order valence-corrected chi connectivity index (χ4v) is 4.44. The molecular formula is C18H33NO2. The van der Waals surface area contributed by atoms with Crippen molar-refractivity contribution in [1.82, 2.24) is 5.32 Å². The second kappa shape index (κ2) is 6.97. The number of nitrogens with one attached hydrogen (secondary N) is 1. The van der Waals surface area contributed by atoms with Crippen LogP contribution in [0.3, 0.4) is 0 Å². The molecule has 1 unspecified atom stereocenters. The molecule has 122 valence electrons. The number of hydrogen-bond donors (Lipinski definition) is 1. The molecule has 0 bridgehead atoms. The molecular weight excluding hydrogens is 262 g/mol. The van der Waals surface area contributed by atoms with Gasteiger partial charge in [0.15, 0.2) is 0 Å². The van der Waals surface area contributed by atoms with Gasteiger partial charge >= 0.3 is 0 Å². The Labute approximate surface area is 130 Å². The maximum atomic E-state index is 6.15. The molecule has 3 heteroatoms. The van der Waals surface area contributed by atoms with Crippen molar-refractivity contribution in [3.8, 4) is 0 Å². The van der Waals surface area contributed by atoms with E-state index in [1.807, 2.05) is 0 Å². The van der Waals surface area contributed by atoms with Gasteiger partial charge in [0.1, 0.15) is 0 Å². The Bertz CT molecular complexity index is 312. The van der Waals surface area contributed by atoms with Crippen LogP contribution in [0.25, 0.3) is 0 Å². The molecule has 0 aromatic carbocycles. The summed E-state index contributed by atoms with van der Waals surface area (Å²) < 4.78 is 11.7. The first-order chi connectivity index (χ1) is 10.2. The Balaban J connectivity index is 1.50. The van der Waals surface area contributed by atoms with Crippen LogP contribution >= 0.6 is 0 Å². The van der Waals surface area contributed by atoms with Crippen molar-refractivity contribution in [2.75, 3.05) is 26.4 Å². The summed E-state index contributed by atoms with van der Waals surface area (Å²) >= 11 is 0. The number of rotatable bonds is 3. The van der Waals surface area contributed by atoms with Gasteiger partial charge in [-0.2, -0.15) is 0 Å². The molecule has 2 heterocycles. The van der Waals surface area contributed by atoms with Crippen LogP contribution in [0.1, 0.15) is 71.1 Å². The van der Waals surface area contributed by atoms with Crippen LogP contribution in [0.15, 0.2) is 0 Å². The van der Waals surface area contributed by atoms with Gasteiger partial charge in [0, 0.05) is 32.4 Å². The van der Waals surface area contributed by atoms with Gasteiger partial charge in [0.05, 0.1) is 5.60 Å². The Morgan fingerprint density at radius 3 is 2.38 bits per heavy atom. The van der Waals surface area contributed by atoms with Crippen LogP contribution in [0, 0.1) is 5.41 Å². The van der Waals surface area contributed by atoms with E-state index in [0.717, 1.165) is 32.7 Å². The lowest BCUT2D eigenvalue weighted by Crippen LogP contribution is -2.51. The summed E-state index contributed by atoms with van der Waals surface area (Å²) in [5.74, 6) is 0. The summed E-state index contributed by atoms with van der Waals surface area (Å²) in [5.41, 5.74) is 0.649. The van der Waals surface area contributed by atoms with E-state index in [0.29, 0.717) is 11.5 Å². The van der Waals surface area contributed by atoms with Gasteiger partial charge < -0.3 is 14.8 Å². The molecule has 3 nitrogen and oxygen atoms in total. The lowest BCUT2D eigenvalue weighted by Gasteiger charge is -2.44. The predicted octanol–water partition coefficient (Wildman–Crippen LogP) is 3.66. The second-order valence-electron chi connectivity index (χ2n) is 7.94. The van der Waals surface area contributed by atoms with E-state index in [4.69, 9.17) is 9.47 Å². The van der Waals surface area contributed by atoms with Crippen molar-refractivity contribution < 1.29 is 9.47 Å². The molecule has 1 atom stereocenters. The first-order valence-electron chi connectivity index (χ1n) is 9.15. The lowest BCUT2D eigenvalue weighted by atomic mass is 9.80. The lowest BCUT2D eigenvalue weighted by molar-refractivity contribution is -0.140. The normalized spacial score (nSPS) is 32.7. The minimum Gasteiger partial charge on any atom is -0.381 e. The Kier molecular flexibility index (Phi) is 5.23. The molecule has 0 radical (unpaired) electrons. The molecule has 0 aromatic heterocycles. The third kappa shape index (κ3) is 4.20. The number of hydrogen-bond acceptors (Lipinski definition) is 3. The third-order valence-corrected chi connectivity index (χ3v) is 6.03.